The van der Waals surface area contributed by atoms with Crippen molar-refractivity contribution < 1.29 is 14.3 Å². The maximum absolute atomic E-state index is 13.7. The molecule has 2 aliphatic heterocycles. The number of hydrogen-bond acceptors (Lipinski definition) is 4. The molecule has 2 aliphatic rings. The van der Waals surface area contributed by atoms with E-state index in [0.717, 1.165) is 16.8 Å². The van der Waals surface area contributed by atoms with Crippen LogP contribution in [-0.4, -0.2) is 41.9 Å². The molecule has 3 atom stereocenters. The van der Waals surface area contributed by atoms with Gasteiger partial charge in [0, 0.05) is 29.9 Å². The fourth-order valence-corrected chi connectivity index (χ4v) is 5.49. The summed E-state index contributed by atoms with van der Waals surface area (Å²) in [5, 5.41) is 7.74. The second-order valence-electron chi connectivity index (χ2n) is 8.32. The molecular weight excluding hydrogens is 469 g/mol. The molecule has 6 nitrogen and oxygen atoms in total. The summed E-state index contributed by atoms with van der Waals surface area (Å²) in [7, 11) is 1.62. The molecule has 32 heavy (non-hydrogen) atoms. The molecule has 0 aliphatic carbocycles. The number of rotatable bonds is 5. The summed E-state index contributed by atoms with van der Waals surface area (Å²) in [5.74, 6) is -0.339. The van der Waals surface area contributed by atoms with Gasteiger partial charge in [0.2, 0.25) is 5.91 Å². The van der Waals surface area contributed by atoms with Gasteiger partial charge in [0.25, 0.3) is 0 Å². The van der Waals surface area contributed by atoms with Crippen molar-refractivity contribution in [2.45, 2.75) is 32.5 Å². The van der Waals surface area contributed by atoms with Gasteiger partial charge in [-0.1, -0.05) is 40.9 Å². The highest BCUT2D eigenvalue weighted by Crippen LogP contribution is 2.51. The second-order valence-corrected chi connectivity index (χ2v) is 9.55. The van der Waals surface area contributed by atoms with Gasteiger partial charge in [0.05, 0.1) is 17.7 Å². The summed E-state index contributed by atoms with van der Waals surface area (Å²) in [6.07, 6.45) is 0. The van der Waals surface area contributed by atoms with Gasteiger partial charge in [-0.25, -0.2) is 0 Å². The molecule has 1 saturated heterocycles. The molecular formula is C23H25Cl2N3O3S. The van der Waals surface area contributed by atoms with Crippen LogP contribution in [0.5, 0.6) is 5.75 Å². The number of ether oxygens (including phenoxy) is 2. The molecule has 1 amide bonds. The monoisotopic (exact) mass is 493 g/mol. The molecule has 2 N–H and O–H groups in total. The van der Waals surface area contributed by atoms with E-state index in [0.29, 0.717) is 39.6 Å². The van der Waals surface area contributed by atoms with Crippen LogP contribution in [0.1, 0.15) is 29.7 Å². The number of hydrogen-bond donors (Lipinski definition) is 2. The van der Waals surface area contributed by atoms with Gasteiger partial charge < -0.3 is 25.0 Å². The Hall–Kier alpha value is -2.06. The van der Waals surface area contributed by atoms with Gasteiger partial charge in [-0.2, -0.15) is 0 Å². The number of fused-ring (bicyclic) bond motifs is 4. The maximum Gasteiger partial charge on any atom is 0.236 e. The Kier molecular flexibility index (Phi) is 6.29. The SMILES string of the molecule is COCCN1C(=S)N[C@H]2c3cc(Cl)cc(Cl)c3O[C@@]1(C)[C@H]2C(=O)Nc1ccc(C)cc1C. The third-order valence-electron chi connectivity index (χ3n) is 6.09. The average molecular weight is 494 g/mol. The summed E-state index contributed by atoms with van der Waals surface area (Å²) in [5.41, 5.74) is 2.48. The van der Waals surface area contributed by atoms with Crippen LogP contribution in [0.3, 0.4) is 0 Å². The van der Waals surface area contributed by atoms with Gasteiger partial charge in [-0.05, 0) is 56.8 Å². The van der Waals surface area contributed by atoms with Gasteiger partial charge in [-0.15, -0.1) is 0 Å². The molecule has 0 aromatic heterocycles. The van der Waals surface area contributed by atoms with Crippen molar-refractivity contribution in [1.29, 1.82) is 0 Å². The molecule has 1 fully saturated rings. The van der Waals surface area contributed by atoms with E-state index in [4.69, 9.17) is 44.9 Å². The smallest absolute Gasteiger partial charge is 0.236 e. The number of benzene rings is 2. The topological polar surface area (TPSA) is 62.8 Å². The zero-order valence-corrected chi connectivity index (χ0v) is 20.6. The maximum atomic E-state index is 13.7. The van der Waals surface area contributed by atoms with Crippen LogP contribution >= 0.6 is 35.4 Å². The summed E-state index contributed by atoms with van der Waals surface area (Å²) in [6, 6.07) is 8.85. The predicted molar refractivity (Wildman–Crippen MR) is 131 cm³/mol. The Morgan fingerprint density at radius 3 is 2.75 bits per heavy atom. The molecule has 0 saturated carbocycles. The molecule has 9 heteroatoms. The highest BCUT2D eigenvalue weighted by Gasteiger charge is 2.59. The molecule has 0 spiro atoms. The first-order valence-electron chi connectivity index (χ1n) is 10.3. The number of thiocarbonyl (C=S) groups is 1. The highest BCUT2D eigenvalue weighted by atomic mass is 35.5. The lowest BCUT2D eigenvalue weighted by Crippen LogP contribution is -2.72. The molecule has 0 unspecified atom stereocenters. The highest BCUT2D eigenvalue weighted by molar-refractivity contribution is 7.80. The Morgan fingerprint density at radius 1 is 1.31 bits per heavy atom. The van der Waals surface area contributed by atoms with E-state index in [1.54, 1.807) is 19.2 Å². The van der Waals surface area contributed by atoms with E-state index < -0.39 is 17.7 Å². The van der Waals surface area contributed by atoms with E-state index in [1.165, 1.54) is 0 Å². The van der Waals surface area contributed by atoms with Crippen LogP contribution in [-0.2, 0) is 9.53 Å². The largest absolute Gasteiger partial charge is 0.465 e. The third-order valence-corrected chi connectivity index (χ3v) is 6.93. The summed E-state index contributed by atoms with van der Waals surface area (Å²) in [4.78, 5) is 15.6. The van der Waals surface area contributed by atoms with E-state index in [1.807, 2.05) is 43.9 Å². The number of amides is 1. The number of nitrogens with one attached hydrogen (secondary N) is 2. The normalized spacial score (nSPS) is 23.8. The van der Waals surface area contributed by atoms with Gasteiger partial charge in [0.1, 0.15) is 11.7 Å². The second kappa shape index (κ2) is 8.71. The van der Waals surface area contributed by atoms with Crippen molar-refractivity contribution in [2.24, 2.45) is 5.92 Å². The van der Waals surface area contributed by atoms with Crippen LogP contribution < -0.4 is 15.4 Å². The molecule has 0 radical (unpaired) electrons. The lowest BCUT2D eigenvalue weighted by molar-refractivity contribution is -0.150. The first kappa shape index (κ1) is 23.1. The molecule has 2 aromatic rings. The van der Waals surface area contributed by atoms with Crippen molar-refractivity contribution >= 4 is 52.1 Å². The lowest BCUT2D eigenvalue weighted by Gasteiger charge is -2.56. The minimum atomic E-state index is -1.08. The van der Waals surface area contributed by atoms with Crippen molar-refractivity contribution in [1.82, 2.24) is 10.2 Å². The van der Waals surface area contributed by atoms with E-state index >= 15 is 0 Å². The van der Waals surface area contributed by atoms with Crippen LogP contribution in [0.25, 0.3) is 0 Å². The summed E-state index contributed by atoms with van der Waals surface area (Å²) in [6.45, 7) is 6.71. The number of aryl methyl sites for hydroxylation is 2. The predicted octanol–water partition coefficient (Wildman–Crippen LogP) is 4.85. The zero-order chi connectivity index (χ0) is 23.2. The zero-order valence-electron chi connectivity index (χ0n) is 18.3. The third kappa shape index (κ3) is 3.92. The van der Waals surface area contributed by atoms with Gasteiger partial charge in [0.15, 0.2) is 10.8 Å². The Balaban J connectivity index is 1.79. The summed E-state index contributed by atoms with van der Waals surface area (Å²) >= 11 is 18.4. The van der Waals surface area contributed by atoms with E-state index in [2.05, 4.69) is 10.6 Å². The standard InChI is InChI=1S/C23H25Cl2N3O3S/c1-12-5-6-17(13(2)9-12)26-21(29)18-19-15-10-14(24)11-16(25)20(15)31-23(18,3)28(7-8-30-4)22(32)27-19/h5-6,9-11,18-19H,7-8H2,1-4H3,(H,26,29)(H,27,32)/t18-,19+,23+/m1/s1. The van der Waals surface area contributed by atoms with Crippen molar-refractivity contribution in [3.8, 4) is 5.75 Å². The minimum absolute atomic E-state index is 0.191. The fraction of sp³-hybridized carbons (Fsp3) is 0.391. The number of carbonyl (C=O) groups is 1. The number of methoxy groups -OCH3 is 1. The fourth-order valence-electron chi connectivity index (χ4n) is 4.54. The van der Waals surface area contributed by atoms with E-state index in [9.17, 15) is 4.79 Å². The Bertz CT molecular complexity index is 1100. The number of halogens is 2. The average Bonchev–Trinajstić information content (AvgIpc) is 2.70. The Morgan fingerprint density at radius 2 is 2.06 bits per heavy atom. The van der Waals surface area contributed by atoms with Gasteiger partial charge >= 0.3 is 0 Å². The van der Waals surface area contributed by atoms with E-state index in [-0.39, 0.29) is 5.91 Å². The van der Waals surface area contributed by atoms with Crippen LogP contribution in [0, 0.1) is 19.8 Å². The number of carbonyl (C=O) groups excluding carboxylic acids is 1. The Labute approximate surface area is 203 Å². The van der Waals surface area contributed by atoms with Crippen molar-refractivity contribution in [3.05, 3.63) is 57.1 Å². The van der Waals surface area contributed by atoms with Crippen molar-refractivity contribution in [3.63, 3.8) is 0 Å². The minimum Gasteiger partial charge on any atom is -0.465 e. The first-order chi connectivity index (χ1) is 15.2. The first-order valence-corrected chi connectivity index (χ1v) is 11.4. The lowest BCUT2D eigenvalue weighted by atomic mass is 9.78. The molecule has 2 bridgehead atoms. The van der Waals surface area contributed by atoms with Crippen LogP contribution in [0.15, 0.2) is 30.3 Å². The molecule has 2 aromatic carbocycles. The molecule has 2 heterocycles. The quantitative estimate of drug-likeness (QED) is 0.580. The molecule has 170 valence electrons. The number of nitrogens with zero attached hydrogens (tertiary/aromatic N) is 1. The number of anilines is 1. The van der Waals surface area contributed by atoms with Crippen molar-refractivity contribution in [2.75, 3.05) is 25.6 Å². The molecule has 4 rings (SSSR count). The van der Waals surface area contributed by atoms with Gasteiger partial charge in [-0.3, -0.25) is 4.79 Å². The van der Waals surface area contributed by atoms with Crippen LogP contribution in [0.2, 0.25) is 10.0 Å². The summed E-state index contributed by atoms with van der Waals surface area (Å²) < 4.78 is 11.7. The van der Waals surface area contributed by atoms with Crippen LogP contribution in [0.4, 0.5) is 5.69 Å².